The van der Waals surface area contributed by atoms with Gasteiger partial charge in [0.15, 0.2) is 0 Å². The molecule has 2 N–H and O–H groups in total. The van der Waals surface area contributed by atoms with E-state index in [1.165, 1.54) is 0 Å². The molecule has 1 aromatic rings. The van der Waals surface area contributed by atoms with Crippen LogP contribution >= 0.6 is 11.8 Å². The molecule has 0 saturated carbocycles. The van der Waals surface area contributed by atoms with Crippen molar-refractivity contribution in [1.82, 2.24) is 10.6 Å². The highest BCUT2D eigenvalue weighted by atomic mass is 32.2. The number of amides is 1. The maximum absolute atomic E-state index is 11.8. The van der Waals surface area contributed by atoms with E-state index in [2.05, 4.69) is 17.6 Å². The van der Waals surface area contributed by atoms with Gasteiger partial charge in [-0.3, -0.25) is 10.1 Å². The minimum atomic E-state index is -0.0443. The van der Waals surface area contributed by atoms with E-state index < -0.39 is 0 Å². The van der Waals surface area contributed by atoms with Gasteiger partial charge in [0.2, 0.25) is 5.91 Å². The van der Waals surface area contributed by atoms with Crippen molar-refractivity contribution in [2.45, 2.75) is 25.9 Å². The molecule has 1 unspecified atom stereocenters. The molecule has 4 nitrogen and oxygen atoms in total. The molecular formula is C14H20N2O2S. The molecule has 0 aromatic heterocycles. The van der Waals surface area contributed by atoms with Crippen LogP contribution in [0.1, 0.15) is 18.9 Å². The molecule has 2 rings (SSSR count). The van der Waals surface area contributed by atoms with Gasteiger partial charge in [-0.15, -0.1) is 11.8 Å². The Morgan fingerprint density at radius 3 is 2.89 bits per heavy atom. The maximum atomic E-state index is 11.8. The van der Waals surface area contributed by atoms with E-state index >= 15 is 0 Å². The smallest absolute Gasteiger partial charge is 0.238 e. The minimum absolute atomic E-state index is 0.0443. The van der Waals surface area contributed by atoms with Crippen molar-refractivity contribution < 1.29 is 9.53 Å². The first kappa shape index (κ1) is 14.2. The summed E-state index contributed by atoms with van der Waals surface area (Å²) in [5, 5.41) is 6.10. The third kappa shape index (κ3) is 4.44. The summed E-state index contributed by atoms with van der Waals surface area (Å²) in [5.41, 5.74) is 1.09. The molecule has 0 bridgehead atoms. The second kappa shape index (κ2) is 7.40. The summed E-state index contributed by atoms with van der Waals surface area (Å²) in [6.07, 6.45) is 1.00. The number of hydrogen-bond acceptors (Lipinski definition) is 4. The van der Waals surface area contributed by atoms with Crippen LogP contribution in [0.25, 0.3) is 0 Å². The lowest BCUT2D eigenvalue weighted by Crippen LogP contribution is -2.41. The third-order valence-corrected chi connectivity index (χ3v) is 3.84. The van der Waals surface area contributed by atoms with Gasteiger partial charge in [0.25, 0.3) is 0 Å². The lowest BCUT2D eigenvalue weighted by Gasteiger charge is -2.11. The van der Waals surface area contributed by atoms with Crippen LogP contribution in [0.15, 0.2) is 24.3 Å². The zero-order valence-electron chi connectivity index (χ0n) is 11.1. The number of carbonyl (C=O) groups excluding carboxylic acids is 1. The average Bonchev–Trinajstić information content (AvgIpc) is 2.98. The Morgan fingerprint density at radius 1 is 1.47 bits per heavy atom. The van der Waals surface area contributed by atoms with Gasteiger partial charge in [0, 0.05) is 18.2 Å². The lowest BCUT2D eigenvalue weighted by atomic mass is 10.2. The molecule has 5 heteroatoms. The zero-order valence-corrected chi connectivity index (χ0v) is 12.0. The molecule has 0 aliphatic carbocycles. The number of hydrogen-bond donors (Lipinski definition) is 2. The van der Waals surface area contributed by atoms with Crippen molar-refractivity contribution in [3.63, 3.8) is 0 Å². The Balaban J connectivity index is 1.77. The Kier molecular flexibility index (Phi) is 5.54. The fourth-order valence-corrected chi connectivity index (χ4v) is 2.74. The molecule has 104 valence electrons. The van der Waals surface area contributed by atoms with E-state index in [9.17, 15) is 4.79 Å². The fourth-order valence-electron chi connectivity index (χ4n) is 1.80. The second-order valence-electron chi connectivity index (χ2n) is 4.48. The van der Waals surface area contributed by atoms with E-state index in [1.807, 2.05) is 24.3 Å². The summed E-state index contributed by atoms with van der Waals surface area (Å²) < 4.78 is 5.52. The van der Waals surface area contributed by atoms with E-state index in [-0.39, 0.29) is 11.9 Å². The lowest BCUT2D eigenvalue weighted by molar-refractivity contribution is -0.122. The van der Waals surface area contributed by atoms with Gasteiger partial charge in [0.1, 0.15) is 5.75 Å². The number of thioether (sulfide) groups is 1. The Labute approximate surface area is 118 Å². The summed E-state index contributed by atoms with van der Waals surface area (Å²) in [5.74, 6) is 2.68. The Hall–Kier alpha value is -1.20. The van der Waals surface area contributed by atoms with Crippen LogP contribution < -0.4 is 15.4 Å². The highest BCUT2D eigenvalue weighted by Crippen LogP contribution is 2.13. The van der Waals surface area contributed by atoms with Crippen LogP contribution in [0.5, 0.6) is 5.75 Å². The molecule has 0 radical (unpaired) electrons. The minimum Gasteiger partial charge on any atom is -0.494 e. The van der Waals surface area contributed by atoms with Crippen LogP contribution in [0.3, 0.4) is 0 Å². The van der Waals surface area contributed by atoms with Crippen LogP contribution in [0.4, 0.5) is 0 Å². The van der Waals surface area contributed by atoms with Crippen LogP contribution in [0, 0.1) is 0 Å². The normalized spacial score (nSPS) is 18.3. The van der Waals surface area contributed by atoms with Gasteiger partial charge in [-0.25, -0.2) is 0 Å². The molecule has 1 atom stereocenters. The van der Waals surface area contributed by atoms with Crippen molar-refractivity contribution in [3.8, 4) is 5.75 Å². The van der Waals surface area contributed by atoms with Crippen molar-refractivity contribution in [3.05, 3.63) is 29.8 Å². The molecule has 1 aliphatic heterocycles. The van der Waals surface area contributed by atoms with Crippen molar-refractivity contribution >= 4 is 17.7 Å². The zero-order chi connectivity index (χ0) is 13.5. The largest absolute Gasteiger partial charge is 0.494 e. The van der Waals surface area contributed by atoms with Gasteiger partial charge in [-0.1, -0.05) is 19.1 Å². The average molecular weight is 280 g/mol. The van der Waals surface area contributed by atoms with Gasteiger partial charge in [-0.05, 0) is 24.1 Å². The number of nitrogens with one attached hydrogen (secondary N) is 2. The third-order valence-electron chi connectivity index (χ3n) is 2.90. The number of rotatable bonds is 6. The van der Waals surface area contributed by atoms with Gasteiger partial charge in [-0.2, -0.15) is 0 Å². The predicted molar refractivity (Wildman–Crippen MR) is 78.3 cm³/mol. The van der Waals surface area contributed by atoms with E-state index in [0.717, 1.165) is 36.0 Å². The quantitative estimate of drug-likeness (QED) is 0.833. The highest BCUT2D eigenvalue weighted by Gasteiger charge is 2.21. The summed E-state index contributed by atoms with van der Waals surface area (Å²) in [6, 6.07) is 7.82. The molecule has 0 spiro atoms. The number of carbonyl (C=O) groups is 1. The summed E-state index contributed by atoms with van der Waals surface area (Å²) >= 11 is 1.75. The summed E-state index contributed by atoms with van der Waals surface area (Å²) in [7, 11) is 0. The Bertz CT molecular complexity index is 402. The number of ether oxygens (including phenoxy) is 1. The first-order valence-electron chi connectivity index (χ1n) is 6.60. The molecule has 1 saturated heterocycles. The van der Waals surface area contributed by atoms with Crippen LogP contribution in [0.2, 0.25) is 0 Å². The Morgan fingerprint density at radius 2 is 2.26 bits per heavy atom. The standard InChI is InChI=1S/C14H20N2O2S/c1-2-7-18-12-5-3-11(4-6-12)8-15-14(17)13-9-19-10-16-13/h3-6,13,16H,2,7-10H2,1H3,(H,15,17). The van der Waals surface area contributed by atoms with Gasteiger partial charge >= 0.3 is 0 Å². The van der Waals surface area contributed by atoms with Crippen molar-refractivity contribution in [2.75, 3.05) is 18.2 Å². The first-order valence-corrected chi connectivity index (χ1v) is 7.75. The number of benzene rings is 1. The van der Waals surface area contributed by atoms with E-state index in [0.29, 0.717) is 6.54 Å². The van der Waals surface area contributed by atoms with Crippen molar-refractivity contribution in [2.24, 2.45) is 0 Å². The first-order chi connectivity index (χ1) is 9.29. The predicted octanol–water partition coefficient (Wildman–Crippen LogP) is 1.75. The van der Waals surface area contributed by atoms with Gasteiger partial charge < -0.3 is 10.1 Å². The molecule has 1 heterocycles. The van der Waals surface area contributed by atoms with Crippen LogP contribution in [-0.2, 0) is 11.3 Å². The molecular weight excluding hydrogens is 260 g/mol. The molecule has 1 aliphatic rings. The molecule has 1 aromatic carbocycles. The van der Waals surface area contributed by atoms with Crippen molar-refractivity contribution in [1.29, 1.82) is 0 Å². The molecule has 19 heavy (non-hydrogen) atoms. The molecule has 1 amide bonds. The van der Waals surface area contributed by atoms with E-state index in [1.54, 1.807) is 11.8 Å². The molecule has 1 fully saturated rings. The van der Waals surface area contributed by atoms with Crippen LogP contribution in [-0.4, -0.2) is 30.2 Å². The summed E-state index contributed by atoms with van der Waals surface area (Å²) in [6.45, 7) is 3.39. The summed E-state index contributed by atoms with van der Waals surface area (Å²) in [4.78, 5) is 11.8. The fraction of sp³-hybridized carbons (Fsp3) is 0.500. The monoisotopic (exact) mass is 280 g/mol. The SMILES string of the molecule is CCCOc1ccc(CNC(=O)C2CSCN2)cc1. The topological polar surface area (TPSA) is 50.4 Å². The maximum Gasteiger partial charge on any atom is 0.238 e. The van der Waals surface area contributed by atoms with E-state index in [4.69, 9.17) is 4.74 Å². The highest BCUT2D eigenvalue weighted by molar-refractivity contribution is 7.99. The second-order valence-corrected chi connectivity index (χ2v) is 5.51. The van der Waals surface area contributed by atoms with Gasteiger partial charge in [0.05, 0.1) is 12.6 Å².